The summed E-state index contributed by atoms with van der Waals surface area (Å²) >= 11 is 0. The van der Waals surface area contributed by atoms with Gasteiger partial charge in [0.15, 0.2) is 11.5 Å². The molecule has 5 heteroatoms. The van der Waals surface area contributed by atoms with Gasteiger partial charge in [-0.05, 0) is 41.5 Å². The van der Waals surface area contributed by atoms with E-state index in [1.54, 1.807) is 20.5 Å². The lowest BCUT2D eigenvalue weighted by molar-refractivity contribution is 0.355. The fourth-order valence-electron chi connectivity index (χ4n) is 3.18. The van der Waals surface area contributed by atoms with Crippen molar-refractivity contribution in [2.75, 3.05) is 19.5 Å². The quantitative estimate of drug-likeness (QED) is 0.516. The highest BCUT2D eigenvalue weighted by molar-refractivity contribution is 5.79. The molecule has 0 fully saturated rings. The number of hydrogen-bond donors (Lipinski definition) is 2. The van der Waals surface area contributed by atoms with E-state index in [-0.39, 0.29) is 0 Å². The van der Waals surface area contributed by atoms with E-state index in [0.29, 0.717) is 0 Å². The fourth-order valence-corrected chi connectivity index (χ4v) is 3.18. The maximum atomic E-state index is 5.45. The van der Waals surface area contributed by atoms with Crippen molar-refractivity contribution in [3.63, 3.8) is 0 Å². The van der Waals surface area contributed by atoms with Crippen LogP contribution in [0.1, 0.15) is 5.56 Å². The van der Waals surface area contributed by atoms with Gasteiger partial charge in [-0.1, -0.05) is 30.3 Å². The number of nitrogens with zero attached hydrogens (tertiary/aromatic N) is 1. The molecule has 136 valence electrons. The van der Waals surface area contributed by atoms with Gasteiger partial charge in [-0.3, -0.25) is 0 Å². The predicted octanol–water partition coefficient (Wildman–Crippen LogP) is 4.86. The van der Waals surface area contributed by atoms with Crippen LogP contribution in [0.3, 0.4) is 0 Å². The Balaban J connectivity index is 1.61. The summed E-state index contributed by atoms with van der Waals surface area (Å²) in [6.07, 6.45) is 1.72. The van der Waals surface area contributed by atoms with Crippen molar-refractivity contribution in [3.05, 3.63) is 72.6 Å². The lowest BCUT2D eigenvalue weighted by Gasteiger charge is -2.14. The number of ether oxygens (including phenoxy) is 2. The minimum absolute atomic E-state index is 0.717. The van der Waals surface area contributed by atoms with E-state index < -0.39 is 0 Å². The molecule has 0 aliphatic heterocycles. The second-order valence-electron chi connectivity index (χ2n) is 6.22. The Hall–Kier alpha value is -3.47. The summed E-state index contributed by atoms with van der Waals surface area (Å²) in [7, 11) is 3.29. The number of aromatic nitrogens is 2. The van der Waals surface area contributed by atoms with Gasteiger partial charge in [0, 0.05) is 17.8 Å². The minimum Gasteiger partial charge on any atom is -0.493 e. The van der Waals surface area contributed by atoms with Crippen molar-refractivity contribution < 1.29 is 9.47 Å². The largest absolute Gasteiger partial charge is 0.493 e. The molecule has 0 radical (unpaired) electrons. The third kappa shape index (κ3) is 3.44. The van der Waals surface area contributed by atoms with Crippen LogP contribution in [0.2, 0.25) is 0 Å². The van der Waals surface area contributed by atoms with Crippen LogP contribution in [-0.4, -0.2) is 24.2 Å². The minimum atomic E-state index is 0.717. The zero-order chi connectivity index (χ0) is 18.6. The van der Waals surface area contributed by atoms with Crippen molar-refractivity contribution in [2.24, 2.45) is 0 Å². The Labute approximate surface area is 158 Å². The first-order chi connectivity index (χ1) is 13.3. The van der Waals surface area contributed by atoms with Crippen molar-refractivity contribution in [1.29, 1.82) is 0 Å². The molecule has 4 rings (SSSR count). The molecule has 0 saturated carbocycles. The monoisotopic (exact) mass is 359 g/mol. The smallest absolute Gasteiger partial charge is 0.161 e. The summed E-state index contributed by atoms with van der Waals surface area (Å²) in [5, 5.41) is 3.54. The molecule has 3 aromatic carbocycles. The van der Waals surface area contributed by atoms with Gasteiger partial charge in [-0.2, -0.15) is 0 Å². The number of imidazole rings is 1. The van der Waals surface area contributed by atoms with E-state index in [4.69, 9.17) is 9.47 Å². The summed E-state index contributed by atoms with van der Waals surface area (Å²) in [5.74, 6) is 1.44. The van der Waals surface area contributed by atoms with Gasteiger partial charge in [-0.25, -0.2) is 4.98 Å². The van der Waals surface area contributed by atoms with E-state index in [1.807, 2.05) is 36.4 Å². The van der Waals surface area contributed by atoms with E-state index in [1.165, 1.54) is 5.56 Å². The lowest BCUT2D eigenvalue weighted by Crippen LogP contribution is -2.01. The van der Waals surface area contributed by atoms with E-state index in [0.717, 1.165) is 45.9 Å². The molecule has 4 aromatic rings. The van der Waals surface area contributed by atoms with E-state index in [9.17, 15) is 0 Å². The van der Waals surface area contributed by atoms with Crippen LogP contribution in [0.25, 0.3) is 22.2 Å². The number of anilines is 1. The third-order valence-corrected chi connectivity index (χ3v) is 4.59. The van der Waals surface area contributed by atoms with E-state index >= 15 is 0 Å². The Kier molecular flexibility index (Phi) is 4.66. The number of fused-ring (bicyclic) bond motifs is 1. The number of hydrogen-bond acceptors (Lipinski definition) is 4. The zero-order valence-corrected chi connectivity index (χ0v) is 15.3. The molecule has 1 aromatic heterocycles. The van der Waals surface area contributed by atoms with Crippen LogP contribution in [0.5, 0.6) is 11.5 Å². The summed E-state index contributed by atoms with van der Waals surface area (Å²) in [5.41, 5.74) is 6.45. The zero-order valence-electron chi connectivity index (χ0n) is 15.3. The highest BCUT2D eigenvalue weighted by atomic mass is 16.5. The molecular formula is C22H21N3O2. The van der Waals surface area contributed by atoms with Gasteiger partial charge >= 0.3 is 0 Å². The van der Waals surface area contributed by atoms with Gasteiger partial charge in [0.1, 0.15) is 0 Å². The maximum Gasteiger partial charge on any atom is 0.161 e. The normalized spacial score (nSPS) is 10.7. The number of benzene rings is 3. The number of nitrogens with one attached hydrogen (secondary N) is 2. The number of para-hydroxylation sites is 1. The molecule has 0 atom stereocenters. The second kappa shape index (κ2) is 7.41. The molecule has 0 aliphatic carbocycles. The van der Waals surface area contributed by atoms with Crippen LogP contribution < -0.4 is 14.8 Å². The highest BCUT2D eigenvalue weighted by Gasteiger charge is 2.09. The van der Waals surface area contributed by atoms with Crippen molar-refractivity contribution >= 4 is 16.7 Å². The predicted molar refractivity (Wildman–Crippen MR) is 108 cm³/mol. The van der Waals surface area contributed by atoms with Crippen LogP contribution >= 0.6 is 0 Å². The summed E-state index contributed by atoms with van der Waals surface area (Å²) in [4.78, 5) is 7.42. The van der Waals surface area contributed by atoms with E-state index in [2.05, 4.69) is 39.6 Å². The molecule has 1 heterocycles. The van der Waals surface area contributed by atoms with Crippen LogP contribution in [-0.2, 0) is 6.54 Å². The first-order valence-electron chi connectivity index (χ1n) is 8.76. The van der Waals surface area contributed by atoms with Crippen molar-refractivity contribution in [1.82, 2.24) is 9.97 Å². The SMILES string of the molecule is COc1ccc(-c2ccccc2NCc2ccc3nc[nH]c3c2)cc1OC. The molecule has 0 saturated heterocycles. The van der Waals surface area contributed by atoms with Crippen LogP contribution in [0, 0.1) is 0 Å². The number of rotatable bonds is 6. The van der Waals surface area contributed by atoms with Gasteiger partial charge in [0.25, 0.3) is 0 Å². The average Bonchev–Trinajstić information content (AvgIpc) is 3.20. The maximum absolute atomic E-state index is 5.45. The molecule has 2 N–H and O–H groups in total. The van der Waals surface area contributed by atoms with Crippen LogP contribution in [0.4, 0.5) is 5.69 Å². The number of aromatic amines is 1. The van der Waals surface area contributed by atoms with Gasteiger partial charge in [-0.15, -0.1) is 0 Å². The topological polar surface area (TPSA) is 59.2 Å². The standard InChI is InChI=1S/C22H21N3O2/c1-26-21-10-8-16(12-22(21)27-2)17-5-3-4-6-18(17)23-13-15-7-9-19-20(11-15)25-14-24-19/h3-12,14,23H,13H2,1-2H3,(H,24,25). The Morgan fingerprint density at radius 2 is 1.78 bits per heavy atom. The molecule has 27 heavy (non-hydrogen) atoms. The fraction of sp³-hybridized carbons (Fsp3) is 0.136. The first kappa shape index (κ1) is 17.0. The molecule has 0 amide bonds. The second-order valence-corrected chi connectivity index (χ2v) is 6.22. The average molecular weight is 359 g/mol. The Bertz CT molecular complexity index is 1070. The van der Waals surface area contributed by atoms with Crippen molar-refractivity contribution in [3.8, 4) is 22.6 Å². The Morgan fingerprint density at radius 3 is 2.63 bits per heavy atom. The van der Waals surface area contributed by atoms with Gasteiger partial charge in [0.05, 0.1) is 31.6 Å². The third-order valence-electron chi connectivity index (χ3n) is 4.59. The lowest BCUT2D eigenvalue weighted by atomic mass is 10.0. The van der Waals surface area contributed by atoms with Crippen molar-refractivity contribution in [2.45, 2.75) is 6.54 Å². The summed E-state index contributed by atoms with van der Waals surface area (Å²) < 4.78 is 10.8. The van der Waals surface area contributed by atoms with Gasteiger partial charge < -0.3 is 19.8 Å². The van der Waals surface area contributed by atoms with Crippen LogP contribution in [0.15, 0.2) is 67.0 Å². The summed E-state index contributed by atoms with van der Waals surface area (Å²) in [6, 6.07) is 20.5. The molecule has 5 nitrogen and oxygen atoms in total. The number of H-pyrrole nitrogens is 1. The molecule has 0 aliphatic rings. The van der Waals surface area contributed by atoms with Gasteiger partial charge in [0.2, 0.25) is 0 Å². The summed E-state index contributed by atoms with van der Waals surface area (Å²) in [6.45, 7) is 0.721. The highest BCUT2D eigenvalue weighted by Crippen LogP contribution is 2.35. The first-order valence-corrected chi connectivity index (χ1v) is 8.76. The molecule has 0 bridgehead atoms. The molecule has 0 spiro atoms. The Morgan fingerprint density at radius 1 is 0.926 bits per heavy atom. The molecule has 0 unspecified atom stereocenters. The molecular weight excluding hydrogens is 338 g/mol. The number of methoxy groups -OCH3 is 2.